The maximum Gasteiger partial charge on any atom is 0.164 e. The lowest BCUT2D eigenvalue weighted by Crippen LogP contribution is -2.36. The number of hydrogen-bond acceptors (Lipinski definition) is 3. The van der Waals surface area contributed by atoms with E-state index in [0.29, 0.717) is 31.8 Å². The zero-order chi connectivity index (χ0) is 21.9. The van der Waals surface area contributed by atoms with Crippen molar-refractivity contribution in [3.05, 3.63) is 97.2 Å². The van der Waals surface area contributed by atoms with Gasteiger partial charge in [0.2, 0.25) is 0 Å². The highest BCUT2D eigenvalue weighted by Gasteiger charge is 2.38. The summed E-state index contributed by atoms with van der Waals surface area (Å²) in [7, 11) is 0. The average Bonchev–Trinajstić information content (AvgIpc) is 3.06. The molecule has 0 fully saturated rings. The second-order valence-electron chi connectivity index (χ2n) is 7.46. The van der Waals surface area contributed by atoms with Gasteiger partial charge in [0.15, 0.2) is 11.7 Å². The fourth-order valence-electron chi connectivity index (χ4n) is 3.95. The SMILES string of the molecule is Cc1ccc(-n2nc(C)c3c2N=C2C(Cl)=CC(Cl)=CN2C3c2cccc(Cl)c2Cl)cc1. The highest BCUT2D eigenvalue weighted by Crippen LogP contribution is 2.47. The lowest BCUT2D eigenvalue weighted by molar-refractivity contribution is 0.460. The third kappa shape index (κ3) is 3.39. The van der Waals surface area contributed by atoms with Crippen LogP contribution >= 0.6 is 46.4 Å². The molecule has 0 N–H and O–H groups in total. The molecule has 4 nitrogen and oxygen atoms in total. The molecule has 1 atom stereocenters. The van der Waals surface area contributed by atoms with Crippen molar-refractivity contribution in [1.29, 1.82) is 0 Å². The number of halogens is 4. The second-order valence-corrected chi connectivity index (χ2v) is 9.09. The number of nitrogens with zero attached hydrogens (tertiary/aromatic N) is 4. The summed E-state index contributed by atoms with van der Waals surface area (Å²) in [6.45, 7) is 4.01. The van der Waals surface area contributed by atoms with Crippen molar-refractivity contribution < 1.29 is 0 Å². The van der Waals surface area contributed by atoms with E-state index in [1.54, 1.807) is 18.3 Å². The van der Waals surface area contributed by atoms with Gasteiger partial charge >= 0.3 is 0 Å². The van der Waals surface area contributed by atoms with Crippen LogP contribution in [0.4, 0.5) is 5.82 Å². The van der Waals surface area contributed by atoms with Crippen LogP contribution in [0.25, 0.3) is 5.69 Å². The lowest BCUT2D eigenvalue weighted by atomic mass is 9.94. The van der Waals surface area contributed by atoms with Gasteiger partial charge in [0.1, 0.15) is 0 Å². The topological polar surface area (TPSA) is 33.4 Å². The molecule has 0 radical (unpaired) electrons. The molecule has 8 heteroatoms. The summed E-state index contributed by atoms with van der Waals surface area (Å²) in [6.07, 6.45) is 3.49. The maximum atomic E-state index is 6.66. The Morgan fingerprint density at radius 3 is 2.42 bits per heavy atom. The van der Waals surface area contributed by atoms with E-state index in [9.17, 15) is 0 Å². The van der Waals surface area contributed by atoms with Gasteiger partial charge in [-0.25, -0.2) is 9.67 Å². The first-order chi connectivity index (χ1) is 14.8. The van der Waals surface area contributed by atoms with Crippen molar-refractivity contribution in [2.45, 2.75) is 19.9 Å². The van der Waals surface area contributed by atoms with Crippen LogP contribution in [0, 0.1) is 13.8 Å². The zero-order valence-electron chi connectivity index (χ0n) is 16.6. The van der Waals surface area contributed by atoms with Crippen molar-refractivity contribution in [2.24, 2.45) is 4.99 Å². The summed E-state index contributed by atoms with van der Waals surface area (Å²) < 4.78 is 1.84. The summed E-state index contributed by atoms with van der Waals surface area (Å²) >= 11 is 26.0. The molecule has 1 unspecified atom stereocenters. The van der Waals surface area contributed by atoms with Gasteiger partial charge in [-0.3, -0.25) is 0 Å². The molecule has 0 aliphatic carbocycles. The molecule has 5 rings (SSSR count). The van der Waals surface area contributed by atoms with Crippen LogP contribution in [0.1, 0.15) is 28.4 Å². The number of aryl methyl sites for hydroxylation is 2. The summed E-state index contributed by atoms with van der Waals surface area (Å²) in [5, 5.41) is 6.70. The first kappa shape index (κ1) is 20.7. The Morgan fingerprint density at radius 1 is 0.935 bits per heavy atom. The normalized spacial score (nSPS) is 17.5. The molecule has 0 amide bonds. The van der Waals surface area contributed by atoms with E-state index in [0.717, 1.165) is 22.5 Å². The molecule has 156 valence electrons. The Kier molecular flexibility index (Phi) is 5.14. The van der Waals surface area contributed by atoms with Crippen molar-refractivity contribution in [1.82, 2.24) is 14.7 Å². The van der Waals surface area contributed by atoms with Crippen LogP contribution in [0.3, 0.4) is 0 Å². The standard InChI is InChI=1S/C23H16Cl4N4/c1-12-6-8-15(9-7-12)31-23-19(13(2)29-31)21(16-4-3-5-17(25)20(16)27)30-11-14(24)10-18(26)22(30)28-23/h3-11,21H,1-2H3. The monoisotopic (exact) mass is 488 g/mol. The van der Waals surface area contributed by atoms with E-state index < -0.39 is 0 Å². The number of benzene rings is 2. The van der Waals surface area contributed by atoms with Crippen molar-refractivity contribution in [2.75, 3.05) is 0 Å². The van der Waals surface area contributed by atoms with Gasteiger partial charge in [-0.15, -0.1) is 0 Å². The predicted molar refractivity (Wildman–Crippen MR) is 128 cm³/mol. The van der Waals surface area contributed by atoms with Gasteiger partial charge in [-0.1, -0.05) is 76.2 Å². The van der Waals surface area contributed by atoms with Gasteiger partial charge in [0.05, 0.1) is 37.5 Å². The number of hydrogen-bond donors (Lipinski definition) is 0. The maximum absolute atomic E-state index is 6.66. The molecule has 2 aromatic carbocycles. The minimum absolute atomic E-state index is 0.343. The first-order valence-electron chi connectivity index (χ1n) is 9.57. The number of aliphatic imine (C=N–C) groups is 1. The molecule has 0 bridgehead atoms. The van der Waals surface area contributed by atoms with E-state index in [1.165, 1.54) is 5.56 Å². The van der Waals surface area contributed by atoms with E-state index in [2.05, 4.69) is 0 Å². The lowest BCUT2D eigenvalue weighted by Gasteiger charge is -2.37. The van der Waals surface area contributed by atoms with Crippen LogP contribution in [0.5, 0.6) is 0 Å². The fourth-order valence-corrected chi connectivity index (χ4v) is 4.88. The molecule has 3 aromatic rings. The van der Waals surface area contributed by atoms with Gasteiger partial charge in [-0.05, 0) is 43.7 Å². The van der Waals surface area contributed by atoms with Crippen LogP contribution in [-0.4, -0.2) is 20.5 Å². The summed E-state index contributed by atoms with van der Waals surface area (Å²) in [5.41, 5.74) is 4.64. The Labute approximate surface area is 200 Å². The number of amidine groups is 1. The first-order valence-corrected chi connectivity index (χ1v) is 11.1. The van der Waals surface area contributed by atoms with E-state index >= 15 is 0 Å². The molecule has 1 aromatic heterocycles. The van der Waals surface area contributed by atoms with Crippen molar-refractivity contribution in [3.8, 4) is 5.69 Å². The summed E-state index contributed by atoms with van der Waals surface area (Å²) in [6, 6.07) is 13.4. The van der Waals surface area contributed by atoms with Crippen molar-refractivity contribution in [3.63, 3.8) is 0 Å². The second kappa shape index (κ2) is 7.72. The highest BCUT2D eigenvalue weighted by atomic mass is 35.5. The van der Waals surface area contributed by atoms with E-state index in [4.69, 9.17) is 56.5 Å². The van der Waals surface area contributed by atoms with Crippen LogP contribution in [-0.2, 0) is 0 Å². The fraction of sp³-hybridized carbons (Fsp3) is 0.130. The Morgan fingerprint density at radius 2 is 1.68 bits per heavy atom. The average molecular weight is 490 g/mol. The minimum Gasteiger partial charge on any atom is -0.318 e. The molecule has 2 aliphatic rings. The molecule has 0 saturated carbocycles. The summed E-state index contributed by atoms with van der Waals surface area (Å²) in [4.78, 5) is 6.82. The largest absolute Gasteiger partial charge is 0.318 e. The third-order valence-electron chi connectivity index (χ3n) is 5.38. The summed E-state index contributed by atoms with van der Waals surface area (Å²) in [5.74, 6) is 1.28. The van der Waals surface area contributed by atoms with Gasteiger partial charge in [0, 0.05) is 11.8 Å². The van der Waals surface area contributed by atoms with Crippen molar-refractivity contribution >= 4 is 58.1 Å². The molecular formula is C23H16Cl4N4. The van der Waals surface area contributed by atoms with E-state index in [1.807, 2.05) is 59.8 Å². The molecule has 3 heterocycles. The molecular weight excluding hydrogens is 474 g/mol. The molecule has 31 heavy (non-hydrogen) atoms. The van der Waals surface area contributed by atoms with Gasteiger partial charge < -0.3 is 4.90 Å². The smallest absolute Gasteiger partial charge is 0.164 e. The molecule has 2 aliphatic heterocycles. The van der Waals surface area contributed by atoms with Crippen LogP contribution in [0.15, 0.2) is 69.8 Å². The Hall–Kier alpha value is -2.24. The van der Waals surface area contributed by atoms with Crippen LogP contribution in [0.2, 0.25) is 10.0 Å². The zero-order valence-corrected chi connectivity index (χ0v) is 19.6. The molecule has 0 spiro atoms. The number of aromatic nitrogens is 2. The van der Waals surface area contributed by atoms with Gasteiger partial charge in [0.25, 0.3) is 0 Å². The third-order valence-corrected chi connectivity index (χ3v) is 6.70. The molecule has 0 saturated heterocycles. The Balaban J connectivity index is 1.81. The minimum atomic E-state index is -0.343. The Bertz CT molecular complexity index is 1300. The number of allylic oxidation sites excluding steroid dienone is 2. The number of rotatable bonds is 2. The van der Waals surface area contributed by atoms with Gasteiger partial charge in [-0.2, -0.15) is 5.10 Å². The quantitative estimate of drug-likeness (QED) is 0.374. The predicted octanol–water partition coefficient (Wildman–Crippen LogP) is 7.45. The highest BCUT2D eigenvalue weighted by molar-refractivity contribution is 6.46. The van der Waals surface area contributed by atoms with Crippen LogP contribution < -0.4 is 0 Å². The number of fused-ring (bicyclic) bond motifs is 2. The van der Waals surface area contributed by atoms with E-state index in [-0.39, 0.29) is 6.04 Å².